The number of hydrogen-bond acceptors (Lipinski definition) is 1. The van der Waals surface area contributed by atoms with E-state index in [1.54, 1.807) is 0 Å². The summed E-state index contributed by atoms with van der Waals surface area (Å²) in [5.41, 5.74) is 1.18. The summed E-state index contributed by atoms with van der Waals surface area (Å²) in [6, 6.07) is 10.4. The Kier molecular flexibility index (Phi) is 4.34. The molecule has 0 aliphatic rings. The van der Waals surface area contributed by atoms with Crippen LogP contribution in [0.3, 0.4) is 0 Å². The van der Waals surface area contributed by atoms with Gasteiger partial charge in [0.1, 0.15) is 0 Å². The Balaban J connectivity index is 3.08. The van der Waals surface area contributed by atoms with E-state index in [1.165, 1.54) is 5.56 Å². The van der Waals surface area contributed by atoms with Crippen molar-refractivity contribution in [3.63, 3.8) is 0 Å². The summed E-state index contributed by atoms with van der Waals surface area (Å²) in [5.74, 6) is 0. The second-order valence-corrected chi connectivity index (χ2v) is 10.5. The quantitative estimate of drug-likeness (QED) is 0.537. The summed E-state index contributed by atoms with van der Waals surface area (Å²) >= 11 is 0. The molecule has 1 rings (SSSR count). The van der Waals surface area contributed by atoms with Gasteiger partial charge >= 0.3 is 0 Å². The lowest BCUT2D eigenvalue weighted by molar-refractivity contribution is 0.100. The third kappa shape index (κ3) is 4.13. The number of benzene rings is 1. The van der Waals surface area contributed by atoms with Crippen LogP contribution in [-0.2, 0) is 4.43 Å². The maximum absolute atomic E-state index is 6.35. The molecular weight excluding hydrogens is 224 g/mol. The molecule has 0 radical (unpaired) electrons. The molecule has 0 aliphatic heterocycles. The monoisotopic (exact) mass is 248 g/mol. The van der Waals surface area contributed by atoms with E-state index >= 15 is 0 Å². The molecule has 1 aromatic carbocycles. The fourth-order valence-electron chi connectivity index (χ4n) is 1.74. The SMILES string of the molecule is C=CC(C)(C)C(O[Si](C)(C)C)c1ccccc1. The molecule has 17 heavy (non-hydrogen) atoms. The van der Waals surface area contributed by atoms with E-state index in [4.69, 9.17) is 4.43 Å². The van der Waals surface area contributed by atoms with Gasteiger partial charge in [0.05, 0.1) is 6.10 Å². The summed E-state index contributed by atoms with van der Waals surface area (Å²) < 4.78 is 6.35. The van der Waals surface area contributed by atoms with Crippen LogP contribution in [0.15, 0.2) is 43.0 Å². The van der Waals surface area contributed by atoms with Crippen LogP contribution >= 0.6 is 0 Å². The van der Waals surface area contributed by atoms with Crippen LogP contribution in [0.5, 0.6) is 0 Å². The molecule has 0 fully saturated rings. The molecule has 1 atom stereocenters. The molecule has 0 heterocycles. The Bertz CT molecular complexity index is 362. The van der Waals surface area contributed by atoms with Gasteiger partial charge in [0.15, 0.2) is 8.32 Å². The highest BCUT2D eigenvalue weighted by atomic mass is 28.4. The third-order valence-corrected chi connectivity index (χ3v) is 3.72. The standard InChI is InChI=1S/C15H24OSi/c1-7-15(2,3)14(16-17(4,5)6)13-11-9-8-10-12-13/h7-12,14H,1H2,2-6H3. The van der Waals surface area contributed by atoms with Gasteiger partial charge in [-0.1, -0.05) is 50.3 Å². The first-order chi connectivity index (χ1) is 7.76. The van der Waals surface area contributed by atoms with Crippen LogP contribution in [0.25, 0.3) is 0 Å². The van der Waals surface area contributed by atoms with Crippen molar-refractivity contribution in [3.05, 3.63) is 48.6 Å². The second-order valence-electron chi connectivity index (χ2n) is 6.05. The van der Waals surface area contributed by atoms with Gasteiger partial charge in [-0.15, -0.1) is 6.58 Å². The lowest BCUT2D eigenvalue weighted by Gasteiger charge is -2.36. The van der Waals surface area contributed by atoms with Crippen LogP contribution in [0.4, 0.5) is 0 Å². The van der Waals surface area contributed by atoms with Crippen LogP contribution < -0.4 is 0 Å². The molecule has 0 aliphatic carbocycles. The Labute approximate surface area is 107 Å². The van der Waals surface area contributed by atoms with Crippen molar-refractivity contribution in [1.29, 1.82) is 0 Å². The first-order valence-electron chi connectivity index (χ1n) is 6.12. The zero-order valence-corrected chi connectivity index (χ0v) is 12.7. The maximum Gasteiger partial charge on any atom is 0.184 e. The zero-order valence-electron chi connectivity index (χ0n) is 11.7. The molecule has 0 N–H and O–H groups in total. The van der Waals surface area contributed by atoms with Crippen LogP contribution in [0.1, 0.15) is 25.5 Å². The lowest BCUT2D eigenvalue weighted by Crippen LogP contribution is -2.34. The van der Waals surface area contributed by atoms with E-state index in [0.717, 1.165) is 0 Å². The Morgan fingerprint density at radius 3 is 2.12 bits per heavy atom. The molecule has 1 nitrogen and oxygen atoms in total. The van der Waals surface area contributed by atoms with Crippen LogP contribution in [0, 0.1) is 5.41 Å². The van der Waals surface area contributed by atoms with E-state index in [2.05, 4.69) is 64.3 Å². The van der Waals surface area contributed by atoms with Crippen molar-refractivity contribution >= 4 is 8.32 Å². The summed E-state index contributed by atoms with van der Waals surface area (Å²) in [7, 11) is -1.58. The molecule has 0 aromatic heterocycles. The molecule has 2 heteroatoms. The van der Waals surface area contributed by atoms with E-state index in [9.17, 15) is 0 Å². The average molecular weight is 248 g/mol. The largest absolute Gasteiger partial charge is 0.410 e. The minimum absolute atomic E-state index is 0.0539. The molecule has 1 unspecified atom stereocenters. The van der Waals surface area contributed by atoms with E-state index in [0.29, 0.717) is 0 Å². The van der Waals surface area contributed by atoms with Gasteiger partial charge < -0.3 is 4.43 Å². The third-order valence-electron chi connectivity index (χ3n) is 2.78. The highest BCUT2D eigenvalue weighted by molar-refractivity contribution is 6.69. The fraction of sp³-hybridized carbons (Fsp3) is 0.467. The summed E-state index contributed by atoms with van der Waals surface area (Å²) in [6.07, 6.45) is 2.08. The Morgan fingerprint density at radius 1 is 1.18 bits per heavy atom. The molecule has 0 amide bonds. The van der Waals surface area contributed by atoms with Gasteiger partial charge in [-0.25, -0.2) is 0 Å². The zero-order chi connectivity index (χ0) is 13.1. The average Bonchev–Trinajstić information content (AvgIpc) is 2.26. The highest BCUT2D eigenvalue weighted by Crippen LogP contribution is 2.39. The van der Waals surface area contributed by atoms with Crippen molar-refractivity contribution in [3.8, 4) is 0 Å². The predicted octanol–water partition coefficient (Wildman–Crippen LogP) is 4.79. The van der Waals surface area contributed by atoms with Crippen molar-refractivity contribution in [2.45, 2.75) is 39.6 Å². The van der Waals surface area contributed by atoms with Crippen molar-refractivity contribution in [1.82, 2.24) is 0 Å². The van der Waals surface area contributed by atoms with Gasteiger partial charge in [-0.2, -0.15) is 0 Å². The van der Waals surface area contributed by atoms with Gasteiger partial charge in [-0.05, 0) is 25.2 Å². The maximum atomic E-state index is 6.35. The molecule has 1 aromatic rings. The van der Waals surface area contributed by atoms with Crippen molar-refractivity contribution in [2.24, 2.45) is 5.41 Å². The highest BCUT2D eigenvalue weighted by Gasteiger charge is 2.32. The molecule has 94 valence electrons. The summed E-state index contributed by atoms with van der Waals surface area (Å²) in [6.45, 7) is 15.0. The molecular formula is C15H24OSi. The fourth-order valence-corrected chi connectivity index (χ4v) is 2.88. The Morgan fingerprint density at radius 2 is 1.71 bits per heavy atom. The van der Waals surface area contributed by atoms with Gasteiger partial charge in [-0.3, -0.25) is 0 Å². The summed E-state index contributed by atoms with van der Waals surface area (Å²) in [5, 5.41) is 0. The van der Waals surface area contributed by atoms with E-state index < -0.39 is 8.32 Å². The number of hydrogen-bond donors (Lipinski definition) is 0. The Hall–Kier alpha value is -0.863. The molecule has 0 saturated carbocycles. The van der Waals surface area contributed by atoms with E-state index in [-0.39, 0.29) is 11.5 Å². The van der Waals surface area contributed by atoms with Crippen LogP contribution in [-0.4, -0.2) is 8.32 Å². The normalized spacial score (nSPS) is 14.4. The van der Waals surface area contributed by atoms with Gasteiger partial charge in [0.25, 0.3) is 0 Å². The smallest absolute Gasteiger partial charge is 0.184 e. The minimum atomic E-state index is -1.58. The minimum Gasteiger partial charge on any atom is -0.410 e. The van der Waals surface area contributed by atoms with Crippen molar-refractivity contribution < 1.29 is 4.43 Å². The predicted molar refractivity (Wildman–Crippen MR) is 77.6 cm³/mol. The molecule has 0 saturated heterocycles. The lowest BCUT2D eigenvalue weighted by atomic mass is 9.83. The second kappa shape index (κ2) is 5.19. The first kappa shape index (κ1) is 14.2. The topological polar surface area (TPSA) is 9.23 Å². The summed E-state index contributed by atoms with van der Waals surface area (Å²) in [4.78, 5) is 0. The number of rotatable bonds is 5. The van der Waals surface area contributed by atoms with Crippen molar-refractivity contribution in [2.75, 3.05) is 0 Å². The molecule has 0 bridgehead atoms. The van der Waals surface area contributed by atoms with Gasteiger partial charge in [0.2, 0.25) is 0 Å². The van der Waals surface area contributed by atoms with E-state index in [1.807, 2.05) is 12.1 Å². The molecule has 0 spiro atoms. The van der Waals surface area contributed by atoms with Gasteiger partial charge in [0, 0.05) is 5.41 Å². The van der Waals surface area contributed by atoms with Crippen LogP contribution in [0.2, 0.25) is 19.6 Å². The first-order valence-corrected chi connectivity index (χ1v) is 9.53.